The zero-order chi connectivity index (χ0) is 19.3. The number of esters is 2. The average Bonchev–Trinajstić information content (AvgIpc) is 2.64. The van der Waals surface area contributed by atoms with Crippen LogP contribution in [0, 0.1) is 0 Å². The average molecular weight is 456 g/mol. The van der Waals surface area contributed by atoms with E-state index in [1.54, 1.807) is 0 Å². The molecule has 0 rings (SSSR count). The molecule has 0 aromatic heterocycles. The molecule has 0 aromatic carbocycles. The van der Waals surface area contributed by atoms with Crippen LogP contribution in [-0.2, 0) is 19.1 Å². The maximum absolute atomic E-state index is 11.6. The molecular formula is C20H36BrClO4. The topological polar surface area (TPSA) is 52.6 Å². The monoisotopic (exact) mass is 454 g/mol. The molecule has 4 nitrogen and oxygen atoms in total. The van der Waals surface area contributed by atoms with Crippen LogP contribution in [0.3, 0.4) is 0 Å². The highest BCUT2D eigenvalue weighted by Gasteiger charge is 2.09. The maximum Gasteiger partial charge on any atom is 0.306 e. The Morgan fingerprint density at radius 2 is 1.00 bits per heavy atom. The normalized spacial score (nSPS) is 10.7. The van der Waals surface area contributed by atoms with Gasteiger partial charge in [-0.15, -0.1) is 11.6 Å². The van der Waals surface area contributed by atoms with Gasteiger partial charge in [0.1, 0.15) is 0 Å². The second-order valence-electron chi connectivity index (χ2n) is 6.56. The Hall–Kier alpha value is -0.290. The van der Waals surface area contributed by atoms with Crippen molar-refractivity contribution in [1.29, 1.82) is 0 Å². The van der Waals surface area contributed by atoms with Crippen molar-refractivity contribution >= 4 is 39.5 Å². The lowest BCUT2D eigenvalue weighted by molar-refractivity contribution is -0.150. The van der Waals surface area contributed by atoms with E-state index in [2.05, 4.69) is 15.9 Å². The van der Waals surface area contributed by atoms with Gasteiger partial charge in [-0.25, -0.2) is 0 Å². The molecule has 0 aliphatic heterocycles. The third kappa shape index (κ3) is 20.0. The van der Waals surface area contributed by atoms with Gasteiger partial charge in [-0.1, -0.05) is 67.3 Å². The molecule has 0 saturated carbocycles. The standard InChI is InChI=1S/C20H36BrClO4/c21-15-9-5-1-3-7-11-17-25-19(23)13-14-20(24)26-18-12-8-4-2-6-10-16-22/h1-18H2. The lowest BCUT2D eigenvalue weighted by Gasteiger charge is -2.06. The molecule has 0 aliphatic rings. The van der Waals surface area contributed by atoms with Crippen LogP contribution in [0.4, 0.5) is 0 Å². The third-order valence-electron chi connectivity index (χ3n) is 4.12. The molecule has 26 heavy (non-hydrogen) atoms. The molecule has 0 bridgehead atoms. The number of unbranched alkanes of at least 4 members (excludes halogenated alkanes) is 10. The van der Waals surface area contributed by atoms with Gasteiger partial charge in [-0.2, -0.15) is 0 Å². The Kier molecular flexibility index (Phi) is 20.8. The quantitative estimate of drug-likeness (QED) is 0.133. The number of ether oxygens (including phenoxy) is 2. The molecule has 0 radical (unpaired) electrons. The minimum atomic E-state index is -0.309. The van der Waals surface area contributed by atoms with Crippen LogP contribution in [0.15, 0.2) is 0 Å². The zero-order valence-corrected chi connectivity index (χ0v) is 18.5. The minimum Gasteiger partial charge on any atom is -0.466 e. The number of rotatable bonds is 19. The molecule has 154 valence electrons. The van der Waals surface area contributed by atoms with Crippen LogP contribution in [0.5, 0.6) is 0 Å². The number of alkyl halides is 2. The van der Waals surface area contributed by atoms with E-state index in [4.69, 9.17) is 21.1 Å². The largest absolute Gasteiger partial charge is 0.466 e. The number of hydrogen-bond acceptors (Lipinski definition) is 4. The van der Waals surface area contributed by atoms with E-state index in [9.17, 15) is 9.59 Å². The Bertz CT molecular complexity index is 308. The number of carbonyl (C=O) groups excluding carboxylic acids is 2. The van der Waals surface area contributed by atoms with Gasteiger partial charge in [0.15, 0.2) is 0 Å². The molecule has 0 amide bonds. The summed E-state index contributed by atoms with van der Waals surface area (Å²) in [5, 5.41) is 1.07. The second kappa shape index (κ2) is 21.0. The predicted octanol–water partition coefficient (Wildman–Crippen LogP) is 6.17. The summed E-state index contributed by atoms with van der Waals surface area (Å²) in [5.74, 6) is 0.119. The SMILES string of the molecule is O=C(CCC(=O)OCCCCCCCCBr)OCCCCCCCCCl. The van der Waals surface area contributed by atoms with Crippen LogP contribution in [0.1, 0.15) is 89.9 Å². The molecular weight excluding hydrogens is 420 g/mol. The summed E-state index contributed by atoms with van der Waals surface area (Å²) >= 11 is 9.04. The second-order valence-corrected chi connectivity index (χ2v) is 7.73. The fourth-order valence-corrected chi connectivity index (χ4v) is 3.11. The van der Waals surface area contributed by atoms with Gasteiger partial charge in [0, 0.05) is 11.2 Å². The van der Waals surface area contributed by atoms with Gasteiger partial charge in [0.05, 0.1) is 26.1 Å². The van der Waals surface area contributed by atoms with Crippen LogP contribution < -0.4 is 0 Å². The van der Waals surface area contributed by atoms with Gasteiger partial charge in [0.25, 0.3) is 0 Å². The van der Waals surface area contributed by atoms with Crippen LogP contribution in [0.2, 0.25) is 0 Å². The van der Waals surface area contributed by atoms with E-state index in [1.165, 1.54) is 38.5 Å². The molecule has 0 aliphatic carbocycles. The lowest BCUT2D eigenvalue weighted by atomic mass is 10.1. The number of carbonyl (C=O) groups is 2. The molecule has 0 aromatic rings. The van der Waals surface area contributed by atoms with Gasteiger partial charge in [-0.05, 0) is 25.7 Å². The number of halogens is 2. The van der Waals surface area contributed by atoms with Crippen molar-refractivity contribution in [3.05, 3.63) is 0 Å². The van der Waals surface area contributed by atoms with Gasteiger partial charge < -0.3 is 9.47 Å². The summed E-state index contributed by atoms with van der Waals surface area (Å²) in [7, 11) is 0. The van der Waals surface area contributed by atoms with Crippen LogP contribution in [-0.4, -0.2) is 36.4 Å². The van der Waals surface area contributed by atoms with Crippen LogP contribution in [0.25, 0.3) is 0 Å². The van der Waals surface area contributed by atoms with Crippen molar-refractivity contribution in [1.82, 2.24) is 0 Å². The summed E-state index contributed by atoms with van der Waals surface area (Å²) in [6.45, 7) is 0.897. The zero-order valence-electron chi connectivity index (χ0n) is 16.1. The van der Waals surface area contributed by atoms with Crippen molar-refractivity contribution in [3.63, 3.8) is 0 Å². The third-order valence-corrected chi connectivity index (χ3v) is 4.94. The fraction of sp³-hybridized carbons (Fsp3) is 0.900. The number of hydrogen-bond donors (Lipinski definition) is 0. The van der Waals surface area contributed by atoms with Crippen molar-refractivity contribution in [2.45, 2.75) is 89.9 Å². The smallest absolute Gasteiger partial charge is 0.306 e. The van der Waals surface area contributed by atoms with E-state index < -0.39 is 0 Å². The van der Waals surface area contributed by atoms with Crippen molar-refractivity contribution < 1.29 is 19.1 Å². The van der Waals surface area contributed by atoms with Gasteiger partial charge >= 0.3 is 11.9 Å². The summed E-state index contributed by atoms with van der Waals surface area (Å²) in [4.78, 5) is 23.2. The lowest BCUT2D eigenvalue weighted by Crippen LogP contribution is -2.11. The Morgan fingerprint density at radius 3 is 1.42 bits per heavy atom. The molecule has 0 unspecified atom stereocenters. The summed E-state index contributed by atoms with van der Waals surface area (Å²) in [5.41, 5.74) is 0. The first-order chi connectivity index (χ1) is 12.7. The van der Waals surface area contributed by atoms with Gasteiger partial charge in [0.2, 0.25) is 0 Å². The Morgan fingerprint density at radius 1 is 0.615 bits per heavy atom. The van der Waals surface area contributed by atoms with E-state index in [0.717, 1.165) is 49.7 Å². The van der Waals surface area contributed by atoms with Gasteiger partial charge in [-0.3, -0.25) is 9.59 Å². The molecule has 0 atom stereocenters. The molecule has 0 fully saturated rings. The molecule has 0 saturated heterocycles. The van der Waals surface area contributed by atoms with E-state index in [1.807, 2.05) is 0 Å². The fourth-order valence-electron chi connectivity index (χ4n) is 2.53. The molecule has 0 N–H and O–H groups in total. The van der Waals surface area contributed by atoms with Crippen molar-refractivity contribution in [2.75, 3.05) is 24.4 Å². The highest BCUT2D eigenvalue weighted by atomic mass is 79.9. The molecule has 0 spiro atoms. The van der Waals surface area contributed by atoms with E-state index >= 15 is 0 Å². The predicted molar refractivity (Wildman–Crippen MR) is 111 cm³/mol. The van der Waals surface area contributed by atoms with Crippen LogP contribution >= 0.6 is 27.5 Å². The van der Waals surface area contributed by atoms with Crippen molar-refractivity contribution in [2.24, 2.45) is 0 Å². The van der Waals surface area contributed by atoms with Crippen molar-refractivity contribution in [3.8, 4) is 0 Å². The first-order valence-electron chi connectivity index (χ1n) is 10.1. The summed E-state index contributed by atoms with van der Waals surface area (Å²) in [6, 6.07) is 0. The molecule has 6 heteroatoms. The minimum absolute atomic E-state index is 0.112. The summed E-state index contributed by atoms with van der Waals surface area (Å²) in [6.07, 6.45) is 13.6. The molecule has 0 heterocycles. The summed E-state index contributed by atoms with van der Waals surface area (Å²) < 4.78 is 10.3. The Balaban J connectivity index is 3.33. The first-order valence-corrected chi connectivity index (χ1v) is 11.8. The van der Waals surface area contributed by atoms with E-state index in [-0.39, 0.29) is 24.8 Å². The van der Waals surface area contributed by atoms with E-state index in [0.29, 0.717) is 13.2 Å². The maximum atomic E-state index is 11.6. The first kappa shape index (κ1) is 25.7. The highest BCUT2D eigenvalue weighted by molar-refractivity contribution is 9.09. The highest BCUT2D eigenvalue weighted by Crippen LogP contribution is 2.08. The Labute approximate surface area is 172 Å².